The Labute approximate surface area is 315 Å². The van der Waals surface area contributed by atoms with Gasteiger partial charge in [-0.3, -0.25) is 0 Å². The monoisotopic (exact) mass is 697 g/mol. The minimum Gasteiger partial charge on any atom is -0.453 e. The quantitative estimate of drug-likeness (QED) is 0.208. The Kier molecular flexibility index (Phi) is 17.5. The van der Waals surface area contributed by atoms with Crippen LogP contribution < -0.4 is 9.47 Å². The van der Waals surface area contributed by atoms with Crippen molar-refractivity contribution in [1.82, 2.24) is 0 Å². The zero-order valence-corrected chi connectivity index (χ0v) is 36.8. The molecule has 0 unspecified atom stereocenters. The van der Waals surface area contributed by atoms with Crippen LogP contribution in [0.25, 0.3) is 10.8 Å². The predicted molar refractivity (Wildman–Crippen MR) is 228 cm³/mol. The van der Waals surface area contributed by atoms with Crippen LogP contribution in [0.15, 0.2) is 48.5 Å². The first-order valence-electron chi connectivity index (χ1n) is 19.4. The van der Waals surface area contributed by atoms with Gasteiger partial charge in [0.05, 0.1) is 0 Å². The van der Waals surface area contributed by atoms with Gasteiger partial charge in [0, 0.05) is 0 Å². The first-order chi connectivity index (χ1) is 23.5. The highest BCUT2D eigenvalue weighted by molar-refractivity contribution is 5.82. The minimum absolute atomic E-state index is 0.287. The molecule has 0 radical (unpaired) electrons. The maximum absolute atomic E-state index is 5.60. The fraction of sp³-hybridized carbons (Fsp3) is 0.551. The van der Waals surface area contributed by atoms with Gasteiger partial charge in [-0.2, -0.15) is 0 Å². The summed E-state index contributed by atoms with van der Waals surface area (Å²) in [5.74, 6) is 1.89. The fourth-order valence-corrected chi connectivity index (χ4v) is 5.95. The summed E-state index contributed by atoms with van der Waals surface area (Å²) in [7, 11) is 0. The molecule has 5 rings (SSSR count). The van der Waals surface area contributed by atoms with Crippen LogP contribution in [0.2, 0.25) is 0 Å². The number of benzene rings is 4. The zero-order chi connectivity index (χ0) is 39.5. The van der Waals surface area contributed by atoms with Crippen molar-refractivity contribution in [3.05, 3.63) is 104 Å². The molecular weight excluding hydrogens is 621 g/mol. The van der Waals surface area contributed by atoms with Gasteiger partial charge in [0.15, 0.2) is 11.5 Å². The molecule has 0 saturated heterocycles. The van der Waals surface area contributed by atoms with Gasteiger partial charge in [-0.05, 0) is 151 Å². The molecule has 0 atom stereocenters. The molecule has 1 aliphatic rings. The molecule has 284 valence electrons. The normalized spacial score (nSPS) is 12.0. The van der Waals surface area contributed by atoms with Crippen LogP contribution in [0, 0.1) is 71.6 Å². The van der Waals surface area contributed by atoms with Gasteiger partial charge >= 0.3 is 0 Å². The van der Waals surface area contributed by atoms with Gasteiger partial charge in [-0.15, -0.1) is 0 Å². The molecule has 0 bridgehead atoms. The first-order valence-corrected chi connectivity index (χ1v) is 19.4. The number of rotatable bonds is 2. The van der Waals surface area contributed by atoms with E-state index in [1.54, 1.807) is 5.56 Å². The molecule has 2 nitrogen and oxygen atoms in total. The smallest absolute Gasteiger partial charge is 0.231 e. The maximum Gasteiger partial charge on any atom is 0.231 e. The van der Waals surface area contributed by atoms with Gasteiger partial charge in [0.25, 0.3) is 0 Å². The molecule has 0 aliphatic carbocycles. The van der Waals surface area contributed by atoms with Gasteiger partial charge < -0.3 is 9.47 Å². The van der Waals surface area contributed by atoms with Crippen molar-refractivity contribution in [2.75, 3.05) is 6.79 Å². The van der Waals surface area contributed by atoms with E-state index in [0.29, 0.717) is 17.6 Å². The second-order valence-electron chi connectivity index (χ2n) is 17.8. The summed E-state index contributed by atoms with van der Waals surface area (Å²) in [5, 5.41) is 2.62. The second kappa shape index (κ2) is 19.5. The molecule has 2 heteroatoms. The van der Waals surface area contributed by atoms with Crippen molar-refractivity contribution < 1.29 is 9.47 Å². The number of ether oxygens (including phenoxy) is 2. The zero-order valence-electron chi connectivity index (χ0n) is 36.8. The number of hydrogen-bond acceptors (Lipinski definition) is 2. The van der Waals surface area contributed by atoms with Crippen LogP contribution in [0.5, 0.6) is 11.5 Å². The summed E-state index contributed by atoms with van der Waals surface area (Å²) < 4.78 is 11.2. The predicted octanol–water partition coefficient (Wildman–Crippen LogP) is 15.1. The van der Waals surface area contributed by atoms with E-state index in [2.05, 4.69) is 173 Å². The molecular formula is C49H76O2. The minimum atomic E-state index is 0.287. The average Bonchev–Trinajstić information content (AvgIpc) is 3.57. The summed E-state index contributed by atoms with van der Waals surface area (Å²) in [6.45, 7) is 44.8. The molecule has 1 heterocycles. The Balaban J connectivity index is 0.000000354. The van der Waals surface area contributed by atoms with Crippen molar-refractivity contribution in [3.8, 4) is 11.5 Å². The Bertz CT molecular complexity index is 1590. The first kappa shape index (κ1) is 45.8. The van der Waals surface area contributed by atoms with E-state index in [9.17, 15) is 0 Å². The highest BCUT2D eigenvalue weighted by Gasteiger charge is 2.26. The standard InChI is InChI=1S/C16H26.C15H22O2.C10H8.C6H14.C2H6/c1-10-11(2)13(4)15(9-16(6,7)8)14(5)12(10)3;1-9-10(2)13-14(17-8-16-13)11(3)12(9)7-15(4,5)6;1-2-6-10-8-4-3-7-9(10)5-1;1-5-6(2,3)4;1-2/h9H2,1-8H3;7-8H2,1-6H3;1-8H;5H2,1-4H3;1-2H3. The van der Waals surface area contributed by atoms with Gasteiger partial charge in [0.2, 0.25) is 6.79 Å². The van der Waals surface area contributed by atoms with Crippen LogP contribution in [0.3, 0.4) is 0 Å². The number of hydrogen-bond donors (Lipinski definition) is 0. The SMILES string of the molecule is CC.CCC(C)(C)C.Cc1c(C)c(C)c(CC(C)(C)C)c(C)c1C.Cc1c(C)c2c(c(C)c1CC(C)(C)C)OCO2.c1ccc2ccccc2c1. The van der Waals surface area contributed by atoms with Gasteiger partial charge in [-0.25, -0.2) is 0 Å². The van der Waals surface area contributed by atoms with E-state index in [1.807, 2.05) is 13.8 Å². The lowest BCUT2D eigenvalue weighted by molar-refractivity contribution is 0.173. The van der Waals surface area contributed by atoms with Crippen LogP contribution in [-0.4, -0.2) is 6.79 Å². The van der Waals surface area contributed by atoms with E-state index in [4.69, 9.17) is 9.47 Å². The van der Waals surface area contributed by atoms with E-state index < -0.39 is 0 Å². The third-order valence-electron chi connectivity index (χ3n) is 10.1. The molecule has 0 spiro atoms. The van der Waals surface area contributed by atoms with E-state index in [1.165, 1.54) is 73.7 Å². The molecule has 0 N–H and O–H groups in total. The van der Waals surface area contributed by atoms with Crippen molar-refractivity contribution in [3.63, 3.8) is 0 Å². The second-order valence-corrected chi connectivity index (χ2v) is 17.8. The topological polar surface area (TPSA) is 18.5 Å². The van der Waals surface area contributed by atoms with Crippen LogP contribution >= 0.6 is 0 Å². The molecule has 4 aromatic carbocycles. The molecule has 0 saturated carbocycles. The lowest BCUT2D eigenvalue weighted by Gasteiger charge is -2.25. The highest BCUT2D eigenvalue weighted by Crippen LogP contribution is 2.44. The molecule has 4 aromatic rings. The van der Waals surface area contributed by atoms with E-state index in [0.717, 1.165) is 17.9 Å². The third-order valence-corrected chi connectivity index (χ3v) is 10.1. The molecule has 51 heavy (non-hydrogen) atoms. The summed E-state index contributed by atoms with van der Waals surface area (Å²) >= 11 is 0. The van der Waals surface area contributed by atoms with E-state index >= 15 is 0 Å². The van der Waals surface area contributed by atoms with Crippen LogP contribution in [0.1, 0.15) is 145 Å². The largest absolute Gasteiger partial charge is 0.453 e. The highest BCUT2D eigenvalue weighted by atomic mass is 16.7. The molecule has 1 aliphatic heterocycles. The Hall–Kier alpha value is -3.26. The number of fused-ring (bicyclic) bond motifs is 2. The lowest BCUT2D eigenvalue weighted by Crippen LogP contribution is -2.13. The average molecular weight is 697 g/mol. The summed E-state index contributed by atoms with van der Waals surface area (Å²) in [6.07, 6.45) is 3.52. The summed E-state index contributed by atoms with van der Waals surface area (Å²) in [4.78, 5) is 0. The Morgan fingerprint density at radius 2 is 0.706 bits per heavy atom. The summed E-state index contributed by atoms with van der Waals surface area (Å²) in [5.41, 5.74) is 15.4. The third kappa shape index (κ3) is 14.0. The Morgan fingerprint density at radius 3 is 1.02 bits per heavy atom. The van der Waals surface area contributed by atoms with E-state index in [-0.39, 0.29) is 5.41 Å². The van der Waals surface area contributed by atoms with Gasteiger partial charge in [-0.1, -0.05) is 138 Å². The summed E-state index contributed by atoms with van der Waals surface area (Å²) in [6, 6.07) is 16.7. The van der Waals surface area contributed by atoms with Crippen LogP contribution in [-0.2, 0) is 12.8 Å². The molecule has 0 amide bonds. The fourth-order valence-electron chi connectivity index (χ4n) is 5.95. The maximum atomic E-state index is 5.60. The van der Waals surface area contributed by atoms with Crippen molar-refractivity contribution in [1.29, 1.82) is 0 Å². The molecule has 0 fully saturated rings. The Morgan fingerprint density at radius 1 is 0.431 bits per heavy atom. The van der Waals surface area contributed by atoms with Crippen molar-refractivity contribution in [2.24, 2.45) is 16.2 Å². The van der Waals surface area contributed by atoms with Gasteiger partial charge in [0.1, 0.15) is 0 Å². The lowest BCUT2D eigenvalue weighted by atomic mass is 9.81. The van der Waals surface area contributed by atoms with Crippen molar-refractivity contribution in [2.45, 2.75) is 158 Å². The van der Waals surface area contributed by atoms with Crippen molar-refractivity contribution >= 4 is 10.8 Å². The molecule has 0 aromatic heterocycles. The van der Waals surface area contributed by atoms with Crippen LogP contribution in [0.4, 0.5) is 0 Å².